The van der Waals surface area contributed by atoms with Crippen molar-refractivity contribution in [1.29, 1.82) is 0 Å². The second kappa shape index (κ2) is 6.58. The highest BCUT2D eigenvalue weighted by molar-refractivity contribution is 6.34. The van der Waals surface area contributed by atoms with Crippen LogP contribution in [0.3, 0.4) is 0 Å². The van der Waals surface area contributed by atoms with Crippen LogP contribution in [0.15, 0.2) is 18.2 Å². The lowest BCUT2D eigenvalue weighted by molar-refractivity contribution is 0.317. The summed E-state index contributed by atoms with van der Waals surface area (Å²) in [6.45, 7) is 1.76. The lowest BCUT2D eigenvalue weighted by atomic mass is 10.3. The molecule has 0 saturated heterocycles. The van der Waals surface area contributed by atoms with Gasteiger partial charge in [-0.3, -0.25) is 0 Å². The topological polar surface area (TPSA) is 21.3 Å². The molecule has 0 unspecified atom stereocenters. The van der Waals surface area contributed by atoms with Gasteiger partial charge in [0.2, 0.25) is 0 Å². The number of halogens is 2. The summed E-state index contributed by atoms with van der Waals surface area (Å²) in [4.78, 5) is 0. The minimum Gasteiger partial charge on any atom is -0.492 e. The summed E-state index contributed by atoms with van der Waals surface area (Å²) in [6, 6.07) is 5.09. The third kappa shape index (κ3) is 4.94. The van der Waals surface area contributed by atoms with Crippen molar-refractivity contribution in [2.24, 2.45) is 0 Å². The van der Waals surface area contributed by atoms with Crippen molar-refractivity contribution in [3.8, 4) is 18.1 Å². The fourth-order valence-electron chi connectivity index (χ4n) is 1.01. The second-order valence-electron chi connectivity index (χ2n) is 2.83. The largest absolute Gasteiger partial charge is 0.492 e. The Labute approximate surface area is 99.5 Å². The second-order valence-corrected chi connectivity index (χ2v) is 3.71. The zero-order chi connectivity index (χ0) is 11.1. The molecule has 0 aromatic heterocycles. The molecule has 4 heteroatoms. The molecule has 0 atom stereocenters. The van der Waals surface area contributed by atoms with E-state index >= 15 is 0 Å². The van der Waals surface area contributed by atoms with Gasteiger partial charge in [0.25, 0.3) is 0 Å². The van der Waals surface area contributed by atoms with Gasteiger partial charge in [-0.1, -0.05) is 29.1 Å². The molecule has 15 heavy (non-hydrogen) atoms. The monoisotopic (exact) mass is 243 g/mol. The maximum atomic E-state index is 5.81. The van der Waals surface area contributed by atoms with Crippen LogP contribution < -0.4 is 10.1 Å². The number of benzene rings is 1. The predicted molar refractivity (Wildman–Crippen MR) is 63.7 cm³/mol. The molecule has 0 fully saturated rings. The summed E-state index contributed by atoms with van der Waals surface area (Å²) < 4.78 is 5.41. The molecule has 1 aromatic rings. The van der Waals surface area contributed by atoms with E-state index in [2.05, 4.69) is 11.2 Å². The van der Waals surface area contributed by atoms with Crippen LogP contribution in [0.4, 0.5) is 0 Å². The average Bonchev–Trinajstić information content (AvgIpc) is 2.16. The van der Waals surface area contributed by atoms with Gasteiger partial charge in [-0.2, -0.15) is 0 Å². The Morgan fingerprint density at radius 2 is 1.93 bits per heavy atom. The van der Waals surface area contributed by atoms with Crippen LogP contribution in [-0.2, 0) is 0 Å². The minimum absolute atomic E-state index is 0.526. The summed E-state index contributed by atoms with van der Waals surface area (Å²) in [7, 11) is 0. The Balaban J connectivity index is 2.34. The quantitative estimate of drug-likeness (QED) is 0.635. The first-order valence-electron chi connectivity index (χ1n) is 4.45. The van der Waals surface area contributed by atoms with Crippen molar-refractivity contribution in [3.63, 3.8) is 0 Å². The standard InChI is InChI=1S/C11H11Cl2NO/c1-2-3-14-4-5-15-11-7-9(12)6-10(13)8-11/h1,6-8,14H,3-5H2. The zero-order valence-electron chi connectivity index (χ0n) is 8.09. The third-order valence-electron chi connectivity index (χ3n) is 1.61. The zero-order valence-corrected chi connectivity index (χ0v) is 9.61. The molecule has 0 bridgehead atoms. The van der Waals surface area contributed by atoms with Gasteiger partial charge in [0.15, 0.2) is 0 Å². The van der Waals surface area contributed by atoms with Gasteiger partial charge < -0.3 is 10.1 Å². The fraction of sp³-hybridized carbons (Fsp3) is 0.273. The molecule has 0 aliphatic heterocycles. The normalized spacial score (nSPS) is 9.67. The Hall–Kier alpha value is -0.880. The molecule has 0 aliphatic rings. The number of nitrogens with one attached hydrogen (secondary N) is 1. The van der Waals surface area contributed by atoms with E-state index in [1.807, 2.05) is 0 Å². The lowest BCUT2D eigenvalue weighted by Gasteiger charge is -2.06. The fourth-order valence-corrected chi connectivity index (χ4v) is 1.52. The first-order valence-corrected chi connectivity index (χ1v) is 5.21. The van der Waals surface area contributed by atoms with E-state index in [9.17, 15) is 0 Å². The predicted octanol–water partition coefficient (Wildman–Crippen LogP) is 2.60. The number of hydrogen-bond donors (Lipinski definition) is 1. The van der Waals surface area contributed by atoms with Gasteiger partial charge in [-0.05, 0) is 18.2 Å². The highest BCUT2D eigenvalue weighted by Gasteiger charge is 1.98. The van der Waals surface area contributed by atoms with E-state index in [1.165, 1.54) is 0 Å². The Kier molecular flexibility index (Phi) is 5.34. The van der Waals surface area contributed by atoms with Crippen molar-refractivity contribution < 1.29 is 4.74 Å². The van der Waals surface area contributed by atoms with Crippen molar-refractivity contribution in [3.05, 3.63) is 28.2 Å². The van der Waals surface area contributed by atoms with E-state index in [1.54, 1.807) is 18.2 Å². The minimum atomic E-state index is 0.526. The molecule has 0 radical (unpaired) electrons. The van der Waals surface area contributed by atoms with Crippen molar-refractivity contribution >= 4 is 23.2 Å². The van der Waals surface area contributed by atoms with Crippen LogP contribution in [0.1, 0.15) is 0 Å². The van der Waals surface area contributed by atoms with Crippen LogP contribution >= 0.6 is 23.2 Å². The van der Waals surface area contributed by atoms with Crippen LogP contribution in [0, 0.1) is 12.3 Å². The highest BCUT2D eigenvalue weighted by Crippen LogP contribution is 2.23. The van der Waals surface area contributed by atoms with Gasteiger partial charge in [0.05, 0.1) is 6.54 Å². The van der Waals surface area contributed by atoms with Gasteiger partial charge in [0.1, 0.15) is 12.4 Å². The van der Waals surface area contributed by atoms with E-state index in [4.69, 9.17) is 34.4 Å². The van der Waals surface area contributed by atoms with Crippen molar-refractivity contribution in [2.75, 3.05) is 19.7 Å². The van der Waals surface area contributed by atoms with Crippen LogP contribution in [0.5, 0.6) is 5.75 Å². The maximum Gasteiger partial charge on any atom is 0.122 e. The number of hydrogen-bond acceptors (Lipinski definition) is 2. The van der Waals surface area contributed by atoms with Crippen LogP contribution in [-0.4, -0.2) is 19.7 Å². The third-order valence-corrected chi connectivity index (χ3v) is 2.05. The number of ether oxygens (including phenoxy) is 1. The molecule has 1 N–H and O–H groups in total. The molecular formula is C11H11Cl2NO. The van der Waals surface area contributed by atoms with E-state index < -0.39 is 0 Å². The van der Waals surface area contributed by atoms with E-state index in [0.717, 1.165) is 0 Å². The maximum absolute atomic E-state index is 5.81. The molecule has 1 rings (SSSR count). The van der Waals surface area contributed by atoms with Gasteiger partial charge in [-0.15, -0.1) is 6.42 Å². The smallest absolute Gasteiger partial charge is 0.122 e. The molecule has 2 nitrogen and oxygen atoms in total. The molecule has 1 aromatic carbocycles. The summed E-state index contributed by atoms with van der Waals surface area (Å²) >= 11 is 11.6. The number of rotatable bonds is 5. The summed E-state index contributed by atoms with van der Waals surface area (Å²) in [5.41, 5.74) is 0. The van der Waals surface area contributed by atoms with Gasteiger partial charge >= 0.3 is 0 Å². The van der Waals surface area contributed by atoms with Gasteiger partial charge in [0, 0.05) is 16.6 Å². The summed E-state index contributed by atoms with van der Waals surface area (Å²) in [5, 5.41) is 4.14. The molecule has 0 saturated carbocycles. The van der Waals surface area contributed by atoms with Crippen molar-refractivity contribution in [2.45, 2.75) is 0 Å². The Morgan fingerprint density at radius 3 is 2.53 bits per heavy atom. The Bertz CT molecular complexity index is 340. The van der Waals surface area contributed by atoms with Crippen LogP contribution in [0.25, 0.3) is 0 Å². The number of terminal acetylenes is 1. The first-order chi connectivity index (χ1) is 7.22. The molecular weight excluding hydrogens is 233 g/mol. The molecule has 0 heterocycles. The lowest BCUT2D eigenvalue weighted by Crippen LogP contribution is -2.21. The highest BCUT2D eigenvalue weighted by atomic mass is 35.5. The molecule has 0 amide bonds. The van der Waals surface area contributed by atoms with Crippen molar-refractivity contribution in [1.82, 2.24) is 5.32 Å². The Morgan fingerprint density at radius 1 is 1.27 bits per heavy atom. The van der Waals surface area contributed by atoms with Gasteiger partial charge in [-0.25, -0.2) is 0 Å². The summed E-state index contributed by atoms with van der Waals surface area (Å²) in [5.74, 6) is 3.14. The summed E-state index contributed by atoms with van der Waals surface area (Å²) in [6.07, 6.45) is 5.07. The first kappa shape index (κ1) is 12.2. The SMILES string of the molecule is C#CCNCCOc1cc(Cl)cc(Cl)c1. The molecule has 80 valence electrons. The average molecular weight is 244 g/mol. The van der Waals surface area contributed by atoms with E-state index in [0.29, 0.717) is 35.5 Å². The molecule has 0 aliphatic carbocycles. The van der Waals surface area contributed by atoms with E-state index in [-0.39, 0.29) is 0 Å². The molecule has 0 spiro atoms. The van der Waals surface area contributed by atoms with Crippen LogP contribution in [0.2, 0.25) is 10.0 Å².